The number of anilines is 1. The van der Waals surface area contributed by atoms with E-state index in [-0.39, 0.29) is 5.56 Å². The number of hydrogen-bond donors (Lipinski definition) is 1. The fraction of sp³-hybridized carbons (Fsp3) is 0.235. The Morgan fingerprint density at radius 2 is 2.04 bits per heavy atom. The molecule has 3 aromatic rings. The van der Waals surface area contributed by atoms with E-state index in [4.69, 9.17) is 0 Å². The Balaban J connectivity index is 1.63. The van der Waals surface area contributed by atoms with Crippen LogP contribution in [0, 0.1) is 0 Å². The Morgan fingerprint density at radius 1 is 1.25 bits per heavy atom. The van der Waals surface area contributed by atoms with Crippen molar-refractivity contribution >= 4 is 21.6 Å². The van der Waals surface area contributed by atoms with Crippen LogP contribution < -0.4 is 10.9 Å². The number of aromatic nitrogens is 4. The molecule has 0 fully saturated rings. The zero-order valence-electron chi connectivity index (χ0n) is 13.3. The van der Waals surface area contributed by atoms with E-state index in [1.807, 2.05) is 30.6 Å². The summed E-state index contributed by atoms with van der Waals surface area (Å²) in [5, 5.41) is 7.25. The monoisotopic (exact) mass is 387 g/mol. The molecule has 0 saturated heterocycles. The van der Waals surface area contributed by atoms with E-state index in [1.54, 1.807) is 13.2 Å². The van der Waals surface area contributed by atoms with Crippen LogP contribution >= 0.6 is 15.9 Å². The molecule has 0 spiro atoms. The van der Waals surface area contributed by atoms with Crippen LogP contribution in [0.1, 0.15) is 11.4 Å². The maximum absolute atomic E-state index is 11.8. The molecule has 0 saturated carbocycles. The second kappa shape index (κ2) is 7.44. The van der Waals surface area contributed by atoms with Gasteiger partial charge in [-0.25, -0.2) is 9.67 Å². The van der Waals surface area contributed by atoms with Gasteiger partial charge in [0.05, 0.1) is 11.9 Å². The first-order valence-corrected chi connectivity index (χ1v) is 8.44. The number of hydrogen-bond acceptors (Lipinski definition) is 4. The lowest BCUT2D eigenvalue weighted by atomic mass is 10.2. The Labute approximate surface area is 148 Å². The molecular weight excluding hydrogens is 370 g/mol. The van der Waals surface area contributed by atoms with Crippen LogP contribution in [0.15, 0.2) is 58.2 Å². The predicted octanol–water partition coefficient (Wildman–Crippen LogP) is 2.44. The standard InChI is InChI=1S/C17H18BrN5O/c1-22-17(24)16(18)14(11-21-22)19-8-7-15-20-9-10-23(15)12-13-5-3-2-4-6-13/h2-6,9-11,19H,7-8,12H2,1H3. The lowest BCUT2D eigenvalue weighted by Crippen LogP contribution is -2.22. The molecule has 2 heterocycles. The summed E-state index contributed by atoms with van der Waals surface area (Å²) in [7, 11) is 1.62. The van der Waals surface area contributed by atoms with Gasteiger partial charge in [-0.15, -0.1) is 0 Å². The molecule has 1 N–H and O–H groups in total. The second-order valence-corrected chi connectivity index (χ2v) is 6.23. The van der Waals surface area contributed by atoms with Crippen molar-refractivity contribution in [3.8, 4) is 0 Å². The molecule has 24 heavy (non-hydrogen) atoms. The van der Waals surface area contributed by atoms with Crippen molar-refractivity contribution in [3.63, 3.8) is 0 Å². The van der Waals surface area contributed by atoms with Crippen LogP contribution in [0.25, 0.3) is 0 Å². The third-order valence-electron chi connectivity index (χ3n) is 3.74. The summed E-state index contributed by atoms with van der Waals surface area (Å²) in [6.45, 7) is 1.46. The van der Waals surface area contributed by atoms with E-state index >= 15 is 0 Å². The maximum Gasteiger partial charge on any atom is 0.282 e. The van der Waals surface area contributed by atoms with Crippen molar-refractivity contribution in [1.82, 2.24) is 19.3 Å². The fourth-order valence-corrected chi connectivity index (χ4v) is 2.93. The van der Waals surface area contributed by atoms with Crippen LogP contribution in [0.3, 0.4) is 0 Å². The van der Waals surface area contributed by atoms with Gasteiger partial charge in [-0.05, 0) is 21.5 Å². The summed E-state index contributed by atoms with van der Waals surface area (Å²) in [4.78, 5) is 16.3. The van der Waals surface area contributed by atoms with Gasteiger partial charge in [-0.1, -0.05) is 30.3 Å². The zero-order valence-corrected chi connectivity index (χ0v) is 14.9. The molecule has 0 unspecified atom stereocenters. The Kier molecular flexibility index (Phi) is 5.10. The molecule has 0 aliphatic heterocycles. The van der Waals surface area contributed by atoms with E-state index in [0.29, 0.717) is 16.7 Å². The highest BCUT2D eigenvalue weighted by Gasteiger charge is 2.08. The normalized spacial score (nSPS) is 10.8. The summed E-state index contributed by atoms with van der Waals surface area (Å²) >= 11 is 3.31. The average Bonchev–Trinajstić information content (AvgIpc) is 3.03. The molecule has 0 bridgehead atoms. The number of benzene rings is 1. The quantitative estimate of drug-likeness (QED) is 0.705. The highest BCUT2D eigenvalue weighted by molar-refractivity contribution is 9.10. The van der Waals surface area contributed by atoms with Gasteiger partial charge in [0.25, 0.3) is 5.56 Å². The summed E-state index contributed by atoms with van der Waals surface area (Å²) < 4.78 is 3.92. The van der Waals surface area contributed by atoms with Crippen LogP contribution in [0.5, 0.6) is 0 Å². The SMILES string of the molecule is Cn1ncc(NCCc2nccn2Cc2ccccc2)c(Br)c1=O. The van der Waals surface area contributed by atoms with Crippen LogP contribution in [-0.4, -0.2) is 25.9 Å². The minimum atomic E-state index is -0.162. The zero-order chi connectivity index (χ0) is 16.9. The second-order valence-electron chi connectivity index (χ2n) is 5.43. The smallest absolute Gasteiger partial charge is 0.282 e. The fourth-order valence-electron chi connectivity index (χ4n) is 2.44. The highest BCUT2D eigenvalue weighted by Crippen LogP contribution is 2.15. The Hall–Kier alpha value is -2.41. The van der Waals surface area contributed by atoms with Crippen molar-refractivity contribution in [3.05, 3.63) is 75.1 Å². The topological polar surface area (TPSA) is 64.7 Å². The van der Waals surface area contributed by atoms with E-state index in [9.17, 15) is 4.79 Å². The molecular formula is C17H18BrN5O. The lowest BCUT2D eigenvalue weighted by molar-refractivity contribution is 0.701. The van der Waals surface area contributed by atoms with Crippen molar-refractivity contribution < 1.29 is 0 Å². The van der Waals surface area contributed by atoms with Gasteiger partial charge in [-0.2, -0.15) is 5.10 Å². The summed E-state index contributed by atoms with van der Waals surface area (Å²) in [5.41, 5.74) is 1.77. The number of nitrogens with zero attached hydrogens (tertiary/aromatic N) is 4. The van der Waals surface area contributed by atoms with E-state index in [1.165, 1.54) is 10.2 Å². The van der Waals surface area contributed by atoms with Crippen LogP contribution in [0.2, 0.25) is 0 Å². The van der Waals surface area contributed by atoms with Crippen molar-refractivity contribution in [1.29, 1.82) is 0 Å². The molecule has 3 rings (SSSR count). The van der Waals surface area contributed by atoms with E-state index in [2.05, 4.69) is 48.0 Å². The predicted molar refractivity (Wildman–Crippen MR) is 97.1 cm³/mol. The first-order chi connectivity index (χ1) is 11.6. The number of nitrogens with one attached hydrogen (secondary N) is 1. The molecule has 124 valence electrons. The minimum Gasteiger partial charge on any atom is -0.382 e. The molecule has 0 atom stereocenters. The van der Waals surface area contributed by atoms with Gasteiger partial charge < -0.3 is 9.88 Å². The largest absolute Gasteiger partial charge is 0.382 e. The van der Waals surface area contributed by atoms with Gasteiger partial charge in [0.1, 0.15) is 10.3 Å². The van der Waals surface area contributed by atoms with Gasteiger partial charge in [-0.3, -0.25) is 4.79 Å². The Morgan fingerprint density at radius 3 is 2.83 bits per heavy atom. The summed E-state index contributed by atoms with van der Waals surface area (Å²) in [6, 6.07) is 10.3. The molecule has 1 aromatic carbocycles. The third kappa shape index (κ3) is 3.73. The number of imidazole rings is 1. The molecule has 6 nitrogen and oxygen atoms in total. The first kappa shape index (κ1) is 16.4. The molecule has 0 radical (unpaired) electrons. The number of aryl methyl sites for hydroxylation is 1. The number of rotatable bonds is 6. The minimum absolute atomic E-state index is 0.162. The molecule has 0 amide bonds. The van der Waals surface area contributed by atoms with Gasteiger partial charge in [0.15, 0.2) is 0 Å². The summed E-state index contributed by atoms with van der Waals surface area (Å²) in [6.07, 6.45) is 6.19. The van der Waals surface area contributed by atoms with Crippen LogP contribution in [0.4, 0.5) is 5.69 Å². The highest BCUT2D eigenvalue weighted by atomic mass is 79.9. The molecule has 0 aliphatic rings. The van der Waals surface area contributed by atoms with Gasteiger partial charge in [0, 0.05) is 39.0 Å². The van der Waals surface area contributed by atoms with Crippen molar-refractivity contribution in [2.24, 2.45) is 7.05 Å². The molecule has 0 aliphatic carbocycles. The van der Waals surface area contributed by atoms with Gasteiger partial charge >= 0.3 is 0 Å². The average molecular weight is 388 g/mol. The molecule has 2 aromatic heterocycles. The molecule has 7 heteroatoms. The van der Waals surface area contributed by atoms with Crippen LogP contribution in [-0.2, 0) is 20.0 Å². The first-order valence-electron chi connectivity index (χ1n) is 7.65. The maximum atomic E-state index is 11.8. The van der Waals surface area contributed by atoms with E-state index < -0.39 is 0 Å². The van der Waals surface area contributed by atoms with Crippen molar-refractivity contribution in [2.45, 2.75) is 13.0 Å². The van der Waals surface area contributed by atoms with Gasteiger partial charge in [0.2, 0.25) is 0 Å². The third-order valence-corrected chi connectivity index (χ3v) is 4.51. The van der Waals surface area contributed by atoms with Crippen molar-refractivity contribution in [2.75, 3.05) is 11.9 Å². The Bertz CT molecular complexity index is 872. The number of halogens is 1. The van der Waals surface area contributed by atoms with E-state index in [0.717, 1.165) is 18.8 Å². The lowest BCUT2D eigenvalue weighted by Gasteiger charge is -2.10. The summed E-state index contributed by atoms with van der Waals surface area (Å²) in [5.74, 6) is 0.999.